The maximum atomic E-state index is 11.5. The van der Waals surface area contributed by atoms with Crippen LogP contribution in [-0.4, -0.2) is 28.2 Å². The summed E-state index contributed by atoms with van der Waals surface area (Å²) in [6, 6.07) is 14.2. The van der Waals surface area contributed by atoms with Crippen molar-refractivity contribution < 1.29 is 8.42 Å². The average molecular weight is 393 g/mol. The second kappa shape index (κ2) is 6.81. The lowest BCUT2D eigenvalue weighted by atomic mass is 10.1. The van der Waals surface area contributed by atoms with Gasteiger partial charge in [0.1, 0.15) is 0 Å². The van der Waals surface area contributed by atoms with E-state index in [-0.39, 0.29) is 4.90 Å². The molecule has 28 heavy (non-hydrogen) atoms. The lowest BCUT2D eigenvalue weighted by Crippen LogP contribution is -2.12. The Hall–Kier alpha value is -3.10. The third-order valence-electron chi connectivity index (χ3n) is 4.59. The van der Waals surface area contributed by atoms with E-state index in [2.05, 4.69) is 21.1 Å². The zero-order valence-electron chi connectivity index (χ0n) is 15.5. The first-order valence-electron chi connectivity index (χ1n) is 8.82. The van der Waals surface area contributed by atoms with Gasteiger partial charge in [0, 0.05) is 23.6 Å². The molecule has 0 saturated carbocycles. The Morgan fingerprint density at radius 2 is 1.82 bits per heavy atom. The minimum Gasteiger partial charge on any atom is -0.256 e. The van der Waals surface area contributed by atoms with Crippen molar-refractivity contribution in [2.45, 2.75) is 25.2 Å². The molecule has 142 valence electrons. The predicted molar refractivity (Wildman–Crippen MR) is 108 cm³/mol. The van der Waals surface area contributed by atoms with Crippen molar-refractivity contribution in [2.75, 3.05) is 0 Å². The molecule has 0 saturated heterocycles. The first-order chi connectivity index (χ1) is 13.4. The highest BCUT2D eigenvalue weighted by Gasteiger charge is 2.15. The number of rotatable bonds is 4. The highest BCUT2D eigenvalue weighted by molar-refractivity contribution is 7.89. The standard InChI is InChI=1S/C20H19N5O2S/c1-3-19-23-20(14-4-9-18-17(12-14)13(2)10-11-22-18)25(24-19)15-5-7-16(8-6-15)28(21,26)27/h4-12H,3H2,1-2H3,(H2,21,26,27). The summed E-state index contributed by atoms with van der Waals surface area (Å²) in [4.78, 5) is 9.13. The number of sulfonamides is 1. The molecule has 0 radical (unpaired) electrons. The number of aryl methyl sites for hydroxylation is 2. The highest BCUT2D eigenvalue weighted by Crippen LogP contribution is 2.26. The Morgan fingerprint density at radius 1 is 1.07 bits per heavy atom. The number of nitrogens with zero attached hydrogens (tertiary/aromatic N) is 4. The fourth-order valence-electron chi connectivity index (χ4n) is 3.07. The average Bonchev–Trinajstić information content (AvgIpc) is 3.12. The lowest BCUT2D eigenvalue weighted by molar-refractivity contribution is 0.598. The third-order valence-corrected chi connectivity index (χ3v) is 5.52. The molecule has 2 heterocycles. The summed E-state index contributed by atoms with van der Waals surface area (Å²) in [5.41, 5.74) is 3.66. The van der Waals surface area contributed by atoms with Gasteiger partial charge in [0.15, 0.2) is 11.6 Å². The predicted octanol–water partition coefficient (Wildman–Crippen LogP) is 3.00. The number of nitrogens with two attached hydrogens (primary N) is 1. The van der Waals surface area contributed by atoms with Gasteiger partial charge >= 0.3 is 0 Å². The van der Waals surface area contributed by atoms with Gasteiger partial charge < -0.3 is 0 Å². The topological polar surface area (TPSA) is 104 Å². The van der Waals surface area contributed by atoms with Crippen molar-refractivity contribution in [3.63, 3.8) is 0 Å². The van der Waals surface area contributed by atoms with Crippen LogP contribution in [0.4, 0.5) is 0 Å². The van der Waals surface area contributed by atoms with E-state index in [1.165, 1.54) is 12.1 Å². The van der Waals surface area contributed by atoms with Crippen molar-refractivity contribution in [3.05, 3.63) is 66.1 Å². The Morgan fingerprint density at radius 3 is 2.50 bits per heavy atom. The Bertz CT molecular complexity index is 1280. The molecule has 0 aliphatic rings. The summed E-state index contributed by atoms with van der Waals surface area (Å²) >= 11 is 0. The molecule has 0 spiro atoms. The minimum atomic E-state index is -3.74. The van der Waals surface area contributed by atoms with Gasteiger partial charge in [0.05, 0.1) is 16.1 Å². The van der Waals surface area contributed by atoms with E-state index in [0.29, 0.717) is 23.8 Å². The number of benzene rings is 2. The fourth-order valence-corrected chi connectivity index (χ4v) is 3.59. The van der Waals surface area contributed by atoms with Crippen LogP contribution in [0.25, 0.3) is 28.0 Å². The van der Waals surface area contributed by atoms with Crippen LogP contribution in [0.2, 0.25) is 0 Å². The summed E-state index contributed by atoms with van der Waals surface area (Å²) in [6.45, 7) is 4.03. The smallest absolute Gasteiger partial charge is 0.238 e. The van der Waals surface area contributed by atoms with Gasteiger partial charge in [0.25, 0.3) is 0 Å². The summed E-state index contributed by atoms with van der Waals surface area (Å²) < 4.78 is 24.7. The van der Waals surface area contributed by atoms with Gasteiger partial charge in [-0.3, -0.25) is 4.98 Å². The molecule has 0 unspecified atom stereocenters. The maximum Gasteiger partial charge on any atom is 0.238 e. The largest absolute Gasteiger partial charge is 0.256 e. The zero-order valence-corrected chi connectivity index (χ0v) is 16.3. The Kier molecular flexibility index (Phi) is 4.44. The molecule has 0 fully saturated rings. The van der Waals surface area contributed by atoms with Crippen LogP contribution < -0.4 is 5.14 Å². The second-order valence-corrected chi connectivity index (χ2v) is 8.08. The molecule has 2 aromatic carbocycles. The maximum absolute atomic E-state index is 11.5. The van der Waals surface area contributed by atoms with Crippen molar-refractivity contribution in [1.29, 1.82) is 0 Å². The van der Waals surface area contributed by atoms with E-state index >= 15 is 0 Å². The van der Waals surface area contributed by atoms with Crippen LogP contribution >= 0.6 is 0 Å². The summed E-state index contributed by atoms with van der Waals surface area (Å²) in [7, 11) is -3.74. The normalized spacial score (nSPS) is 11.8. The van der Waals surface area contributed by atoms with Gasteiger partial charge in [-0.2, -0.15) is 5.10 Å². The molecule has 0 bridgehead atoms. The SMILES string of the molecule is CCc1nc(-c2ccc3nccc(C)c3c2)n(-c2ccc(S(N)(=O)=O)cc2)n1. The van der Waals surface area contributed by atoms with Gasteiger partial charge in [-0.05, 0) is 61.0 Å². The summed E-state index contributed by atoms with van der Waals surface area (Å²) in [5.74, 6) is 1.39. The van der Waals surface area contributed by atoms with Crippen LogP contribution in [-0.2, 0) is 16.4 Å². The van der Waals surface area contributed by atoms with Crippen LogP contribution in [0.15, 0.2) is 59.6 Å². The molecule has 0 aliphatic carbocycles. The molecule has 8 heteroatoms. The molecule has 7 nitrogen and oxygen atoms in total. The van der Waals surface area contributed by atoms with E-state index < -0.39 is 10.0 Å². The van der Waals surface area contributed by atoms with Crippen LogP contribution in [0.1, 0.15) is 18.3 Å². The van der Waals surface area contributed by atoms with Gasteiger partial charge in [-0.15, -0.1) is 0 Å². The van der Waals surface area contributed by atoms with Gasteiger partial charge in [-0.1, -0.05) is 6.92 Å². The first-order valence-corrected chi connectivity index (χ1v) is 10.4. The zero-order chi connectivity index (χ0) is 19.9. The van der Waals surface area contributed by atoms with Crippen LogP contribution in [0.5, 0.6) is 0 Å². The van der Waals surface area contributed by atoms with E-state index in [1.54, 1.807) is 23.0 Å². The quantitative estimate of drug-likeness (QED) is 0.574. The molecule has 0 amide bonds. The molecule has 0 aliphatic heterocycles. The molecular weight excluding hydrogens is 374 g/mol. The number of pyridine rings is 1. The third kappa shape index (κ3) is 3.28. The summed E-state index contributed by atoms with van der Waals surface area (Å²) in [5, 5.41) is 10.8. The number of primary sulfonamides is 1. The fraction of sp³-hybridized carbons (Fsp3) is 0.150. The van der Waals surface area contributed by atoms with Crippen LogP contribution in [0.3, 0.4) is 0 Å². The van der Waals surface area contributed by atoms with E-state index in [1.807, 2.05) is 32.0 Å². The molecular formula is C20H19N5O2S. The molecule has 0 atom stereocenters. The molecule has 4 rings (SSSR count). The Labute approximate surface area is 162 Å². The van der Waals surface area contributed by atoms with E-state index in [0.717, 1.165) is 22.0 Å². The van der Waals surface area contributed by atoms with Crippen molar-refractivity contribution in [2.24, 2.45) is 5.14 Å². The van der Waals surface area contributed by atoms with Gasteiger partial charge in [0.2, 0.25) is 10.0 Å². The lowest BCUT2D eigenvalue weighted by Gasteiger charge is -2.08. The molecule has 2 N–H and O–H groups in total. The number of hydrogen-bond donors (Lipinski definition) is 1. The second-order valence-electron chi connectivity index (χ2n) is 6.52. The van der Waals surface area contributed by atoms with E-state index in [9.17, 15) is 8.42 Å². The van der Waals surface area contributed by atoms with E-state index in [4.69, 9.17) is 5.14 Å². The number of aromatic nitrogens is 4. The molecule has 4 aromatic rings. The number of fused-ring (bicyclic) bond motifs is 1. The van der Waals surface area contributed by atoms with Gasteiger partial charge in [-0.25, -0.2) is 23.2 Å². The Balaban J connectivity index is 1.87. The van der Waals surface area contributed by atoms with Crippen molar-refractivity contribution >= 4 is 20.9 Å². The highest BCUT2D eigenvalue weighted by atomic mass is 32.2. The summed E-state index contributed by atoms with van der Waals surface area (Å²) in [6.07, 6.45) is 2.48. The first kappa shape index (κ1) is 18.3. The monoisotopic (exact) mass is 393 g/mol. The van der Waals surface area contributed by atoms with Crippen LogP contribution in [0, 0.1) is 6.92 Å². The number of hydrogen-bond acceptors (Lipinski definition) is 5. The van der Waals surface area contributed by atoms with Crippen molar-refractivity contribution in [1.82, 2.24) is 19.7 Å². The van der Waals surface area contributed by atoms with Crippen molar-refractivity contribution in [3.8, 4) is 17.1 Å². The minimum absolute atomic E-state index is 0.0565. The molecule has 2 aromatic heterocycles.